The summed E-state index contributed by atoms with van der Waals surface area (Å²) in [4.78, 5) is 47.6. The van der Waals surface area contributed by atoms with Gasteiger partial charge >= 0.3 is 0 Å². The molecule has 0 aliphatic heterocycles. The van der Waals surface area contributed by atoms with Crippen molar-refractivity contribution in [1.29, 1.82) is 0 Å². The first-order valence-electron chi connectivity index (χ1n) is 7.89. The summed E-state index contributed by atoms with van der Waals surface area (Å²) < 4.78 is 0. The van der Waals surface area contributed by atoms with E-state index >= 15 is 0 Å². The maximum absolute atomic E-state index is 11.9. The lowest BCUT2D eigenvalue weighted by Crippen LogP contribution is -2.32. The van der Waals surface area contributed by atoms with E-state index in [9.17, 15) is 19.2 Å². The molecule has 0 aromatic heterocycles. The predicted octanol–water partition coefficient (Wildman–Crippen LogP) is 3.45. The third-order valence-electron chi connectivity index (χ3n) is 3.87. The zero-order valence-corrected chi connectivity index (χ0v) is 13.8. The Morgan fingerprint density at radius 2 is 0.714 bits per heavy atom. The van der Waals surface area contributed by atoms with Gasteiger partial charge in [0.1, 0.15) is 23.1 Å². The van der Waals surface area contributed by atoms with Crippen molar-refractivity contribution >= 4 is 23.1 Å². The minimum absolute atomic E-state index is 0.00621. The zero-order valence-electron chi connectivity index (χ0n) is 13.8. The Morgan fingerprint density at radius 3 is 0.857 bits per heavy atom. The molecular formula is C17H28O4. The number of hydrogen-bond acceptors (Lipinski definition) is 4. The molecule has 4 nitrogen and oxygen atoms in total. The fraction of sp³-hybridized carbons (Fsp3) is 0.765. The van der Waals surface area contributed by atoms with Crippen LogP contribution in [-0.2, 0) is 19.2 Å². The van der Waals surface area contributed by atoms with Crippen molar-refractivity contribution in [2.45, 2.75) is 79.1 Å². The van der Waals surface area contributed by atoms with Crippen LogP contribution in [0.15, 0.2) is 0 Å². The number of hydrogen-bond donors (Lipinski definition) is 0. The SMILES string of the molecule is CCC(=O)CC(CC(=O)CC)(CC(=O)CC)CC(=O)CC. The lowest BCUT2D eigenvalue weighted by atomic mass is 9.70. The lowest BCUT2D eigenvalue weighted by molar-refractivity contribution is -0.130. The van der Waals surface area contributed by atoms with Gasteiger partial charge < -0.3 is 0 Å². The molecule has 0 N–H and O–H groups in total. The van der Waals surface area contributed by atoms with E-state index < -0.39 is 5.41 Å². The maximum Gasteiger partial charge on any atom is 0.133 e. The highest BCUT2D eigenvalue weighted by Crippen LogP contribution is 2.37. The molecule has 0 unspecified atom stereocenters. The number of carbonyl (C=O) groups is 4. The Kier molecular flexibility index (Phi) is 8.98. The van der Waals surface area contributed by atoms with E-state index in [4.69, 9.17) is 0 Å². The lowest BCUT2D eigenvalue weighted by Gasteiger charge is -2.31. The summed E-state index contributed by atoms with van der Waals surface area (Å²) in [5, 5.41) is 0. The van der Waals surface area contributed by atoms with Gasteiger partial charge in [0.05, 0.1) is 0 Å². The monoisotopic (exact) mass is 296 g/mol. The first kappa shape index (κ1) is 19.7. The minimum Gasteiger partial charge on any atom is -0.300 e. The van der Waals surface area contributed by atoms with Crippen molar-refractivity contribution in [2.24, 2.45) is 5.41 Å². The van der Waals surface area contributed by atoms with Gasteiger partial charge in [0.15, 0.2) is 0 Å². The molecule has 0 saturated heterocycles. The van der Waals surface area contributed by atoms with E-state index in [1.807, 2.05) is 0 Å². The van der Waals surface area contributed by atoms with Crippen molar-refractivity contribution in [3.05, 3.63) is 0 Å². The molecule has 0 spiro atoms. The smallest absolute Gasteiger partial charge is 0.133 e. The van der Waals surface area contributed by atoms with Crippen LogP contribution in [0, 0.1) is 5.41 Å². The summed E-state index contributed by atoms with van der Waals surface area (Å²) in [5.41, 5.74) is -0.805. The average molecular weight is 296 g/mol. The molecule has 0 aromatic rings. The second-order valence-corrected chi connectivity index (χ2v) is 5.78. The van der Waals surface area contributed by atoms with E-state index in [1.165, 1.54) is 0 Å². The van der Waals surface area contributed by atoms with Gasteiger partial charge in [-0.25, -0.2) is 0 Å². The molecule has 0 radical (unpaired) electrons. The Labute approximate surface area is 127 Å². The highest BCUT2D eigenvalue weighted by atomic mass is 16.1. The first-order chi connectivity index (χ1) is 9.82. The van der Waals surface area contributed by atoms with Crippen LogP contribution in [-0.4, -0.2) is 23.1 Å². The van der Waals surface area contributed by atoms with Gasteiger partial charge in [-0.2, -0.15) is 0 Å². The Bertz CT molecular complexity index is 318. The van der Waals surface area contributed by atoms with Crippen LogP contribution in [0.25, 0.3) is 0 Å². The highest BCUT2D eigenvalue weighted by molar-refractivity contribution is 5.88. The molecule has 0 saturated carbocycles. The normalized spacial score (nSPS) is 11.2. The number of ketones is 4. The summed E-state index contributed by atoms with van der Waals surface area (Å²) in [6.45, 7) is 7.05. The van der Waals surface area contributed by atoms with Gasteiger partial charge in [0, 0.05) is 51.4 Å². The van der Waals surface area contributed by atoms with Gasteiger partial charge in [0.2, 0.25) is 0 Å². The van der Waals surface area contributed by atoms with Gasteiger partial charge in [-0.15, -0.1) is 0 Å². The second-order valence-electron chi connectivity index (χ2n) is 5.78. The van der Waals surface area contributed by atoms with Crippen molar-refractivity contribution in [1.82, 2.24) is 0 Å². The number of Topliss-reactive ketones (excluding diaryl/α,β-unsaturated/α-hetero) is 4. The molecular weight excluding hydrogens is 268 g/mol. The van der Waals surface area contributed by atoms with Gasteiger partial charge in [-0.3, -0.25) is 19.2 Å². The summed E-state index contributed by atoms with van der Waals surface area (Å²) in [7, 11) is 0. The number of carbonyl (C=O) groups excluding carboxylic acids is 4. The number of rotatable bonds is 12. The molecule has 0 aromatic carbocycles. The van der Waals surface area contributed by atoms with Crippen LogP contribution in [0.1, 0.15) is 79.1 Å². The molecule has 0 bridgehead atoms. The predicted molar refractivity (Wildman–Crippen MR) is 82.1 cm³/mol. The van der Waals surface area contributed by atoms with Crippen LogP contribution in [0.2, 0.25) is 0 Å². The van der Waals surface area contributed by atoms with E-state index in [0.29, 0.717) is 25.7 Å². The standard InChI is InChI=1S/C17H28O4/c1-5-13(18)9-17(10-14(19)6-2,11-15(20)7-3)12-16(21)8-4/h5-12H2,1-4H3. The Balaban J connectivity index is 5.43. The molecule has 120 valence electrons. The topological polar surface area (TPSA) is 68.3 Å². The minimum atomic E-state index is -0.805. The van der Waals surface area contributed by atoms with Crippen LogP contribution in [0.3, 0.4) is 0 Å². The van der Waals surface area contributed by atoms with Crippen molar-refractivity contribution < 1.29 is 19.2 Å². The summed E-state index contributed by atoms with van der Waals surface area (Å²) in [6, 6.07) is 0. The molecule has 0 aliphatic carbocycles. The van der Waals surface area contributed by atoms with Crippen molar-refractivity contribution in [3.8, 4) is 0 Å². The van der Waals surface area contributed by atoms with E-state index in [1.54, 1.807) is 27.7 Å². The van der Waals surface area contributed by atoms with Gasteiger partial charge in [-0.1, -0.05) is 27.7 Å². The molecule has 0 heterocycles. The molecule has 0 aliphatic rings. The van der Waals surface area contributed by atoms with Gasteiger partial charge in [-0.05, 0) is 5.41 Å². The second kappa shape index (κ2) is 9.59. The molecule has 0 amide bonds. The molecule has 21 heavy (non-hydrogen) atoms. The average Bonchev–Trinajstić information content (AvgIpc) is 2.46. The quantitative estimate of drug-likeness (QED) is 0.553. The maximum atomic E-state index is 11.9. The third kappa shape index (κ3) is 7.30. The largest absolute Gasteiger partial charge is 0.300 e. The van der Waals surface area contributed by atoms with E-state index in [-0.39, 0.29) is 48.8 Å². The summed E-state index contributed by atoms with van der Waals surface area (Å²) >= 11 is 0. The zero-order chi connectivity index (χ0) is 16.5. The molecule has 0 atom stereocenters. The van der Waals surface area contributed by atoms with Gasteiger partial charge in [0.25, 0.3) is 0 Å². The fourth-order valence-electron chi connectivity index (χ4n) is 2.55. The third-order valence-corrected chi connectivity index (χ3v) is 3.87. The van der Waals surface area contributed by atoms with Crippen LogP contribution >= 0.6 is 0 Å². The fourth-order valence-corrected chi connectivity index (χ4v) is 2.55. The van der Waals surface area contributed by atoms with Crippen molar-refractivity contribution in [2.75, 3.05) is 0 Å². The first-order valence-corrected chi connectivity index (χ1v) is 7.89. The summed E-state index contributed by atoms with van der Waals surface area (Å²) in [6.07, 6.45) is 2.04. The van der Waals surface area contributed by atoms with Crippen molar-refractivity contribution in [3.63, 3.8) is 0 Å². The van der Waals surface area contributed by atoms with Crippen LogP contribution in [0.5, 0.6) is 0 Å². The Hall–Kier alpha value is -1.32. The highest BCUT2D eigenvalue weighted by Gasteiger charge is 2.37. The Morgan fingerprint density at radius 1 is 0.524 bits per heavy atom. The van der Waals surface area contributed by atoms with Crippen LogP contribution < -0.4 is 0 Å². The van der Waals surface area contributed by atoms with E-state index in [2.05, 4.69) is 0 Å². The summed E-state index contributed by atoms with van der Waals surface area (Å²) in [5.74, 6) is 0.0248. The molecule has 4 heteroatoms. The molecule has 0 fully saturated rings. The van der Waals surface area contributed by atoms with E-state index in [0.717, 1.165) is 0 Å². The van der Waals surface area contributed by atoms with Crippen LogP contribution in [0.4, 0.5) is 0 Å². The molecule has 0 rings (SSSR count).